The molecule has 2 fully saturated rings. The lowest BCUT2D eigenvalue weighted by atomic mass is 10.5. The van der Waals surface area contributed by atoms with Gasteiger partial charge in [-0.25, -0.2) is 0 Å². The molecule has 0 unspecified atom stereocenters. The SMILES string of the molecule is CN1CC[N@]2CCN(C)[P@@]1NC2. The second kappa shape index (κ2) is 3.56. The van der Waals surface area contributed by atoms with Crippen LogP contribution in [0.25, 0.3) is 0 Å². The summed E-state index contributed by atoms with van der Waals surface area (Å²) in [5.41, 5.74) is 0. The third kappa shape index (κ3) is 1.63. The van der Waals surface area contributed by atoms with Crippen molar-refractivity contribution >= 4 is 8.37 Å². The molecule has 2 heterocycles. The van der Waals surface area contributed by atoms with Crippen molar-refractivity contribution in [3.63, 3.8) is 0 Å². The number of fused-ring (bicyclic) bond motifs is 3. The molecule has 0 saturated carbocycles. The van der Waals surface area contributed by atoms with Crippen LogP contribution in [0, 0.1) is 0 Å². The maximum Gasteiger partial charge on any atom is 0.118 e. The average molecular weight is 188 g/mol. The zero-order valence-corrected chi connectivity index (χ0v) is 8.72. The minimum Gasteiger partial charge on any atom is -0.288 e. The third-order valence-electron chi connectivity index (χ3n) is 2.56. The summed E-state index contributed by atoms with van der Waals surface area (Å²) in [6, 6.07) is 0. The summed E-state index contributed by atoms with van der Waals surface area (Å²) in [6.45, 7) is 5.90. The molecule has 0 radical (unpaired) electrons. The molecule has 0 atom stereocenters. The Labute approximate surface area is 75.4 Å². The van der Waals surface area contributed by atoms with Crippen LogP contribution in [-0.2, 0) is 0 Å². The molecule has 2 aliphatic heterocycles. The molecule has 0 spiro atoms. The number of nitrogens with zero attached hydrogens (tertiary/aromatic N) is 3. The van der Waals surface area contributed by atoms with E-state index in [-0.39, 0.29) is 8.37 Å². The van der Waals surface area contributed by atoms with Gasteiger partial charge in [-0.2, -0.15) is 0 Å². The van der Waals surface area contributed by atoms with Crippen LogP contribution in [0.4, 0.5) is 0 Å². The van der Waals surface area contributed by atoms with Crippen molar-refractivity contribution in [3.8, 4) is 0 Å². The van der Waals surface area contributed by atoms with Crippen molar-refractivity contribution in [1.82, 2.24) is 19.3 Å². The van der Waals surface area contributed by atoms with E-state index in [0.717, 1.165) is 6.67 Å². The van der Waals surface area contributed by atoms with E-state index in [0.29, 0.717) is 0 Å². The summed E-state index contributed by atoms with van der Waals surface area (Å²) in [5.74, 6) is 0. The van der Waals surface area contributed by atoms with Gasteiger partial charge in [0.25, 0.3) is 0 Å². The van der Waals surface area contributed by atoms with E-state index in [2.05, 4.69) is 33.4 Å². The lowest BCUT2D eigenvalue weighted by Crippen LogP contribution is -2.36. The molecule has 70 valence electrons. The first-order valence-corrected chi connectivity index (χ1v) is 5.70. The van der Waals surface area contributed by atoms with Gasteiger partial charge in [0.15, 0.2) is 0 Å². The number of rotatable bonds is 0. The fourth-order valence-electron chi connectivity index (χ4n) is 1.70. The van der Waals surface area contributed by atoms with Crippen molar-refractivity contribution in [3.05, 3.63) is 0 Å². The van der Waals surface area contributed by atoms with Gasteiger partial charge in [0.1, 0.15) is 8.37 Å². The number of nitrogens with one attached hydrogen (secondary N) is 1. The Morgan fingerprint density at radius 3 is 2.17 bits per heavy atom. The Balaban J connectivity index is 2.11. The Bertz CT molecular complexity index is 151. The summed E-state index contributed by atoms with van der Waals surface area (Å²) in [5, 5.41) is 3.59. The Kier molecular flexibility index (Phi) is 2.63. The van der Waals surface area contributed by atoms with E-state index in [4.69, 9.17) is 0 Å². The molecule has 0 aliphatic carbocycles. The lowest BCUT2D eigenvalue weighted by molar-refractivity contribution is 0.255. The molecule has 2 bridgehead atoms. The van der Waals surface area contributed by atoms with Gasteiger partial charge in [-0.3, -0.25) is 19.3 Å². The highest BCUT2D eigenvalue weighted by molar-refractivity contribution is 7.50. The second-order valence-corrected chi connectivity index (χ2v) is 5.75. The van der Waals surface area contributed by atoms with Gasteiger partial charge in [0, 0.05) is 26.2 Å². The Hall–Kier alpha value is 0.270. The van der Waals surface area contributed by atoms with E-state index in [1.807, 2.05) is 0 Å². The van der Waals surface area contributed by atoms with E-state index in [9.17, 15) is 0 Å². The zero-order valence-electron chi connectivity index (χ0n) is 7.82. The first-order chi connectivity index (χ1) is 5.77. The predicted molar refractivity (Wildman–Crippen MR) is 51.8 cm³/mol. The minimum atomic E-state index is -0.204. The highest BCUT2D eigenvalue weighted by Gasteiger charge is 2.27. The van der Waals surface area contributed by atoms with Crippen LogP contribution in [0.1, 0.15) is 0 Å². The molecule has 2 aliphatic rings. The fourth-order valence-corrected chi connectivity index (χ4v) is 3.59. The van der Waals surface area contributed by atoms with Crippen LogP contribution >= 0.6 is 8.37 Å². The number of hydrogen-bond donors (Lipinski definition) is 1. The van der Waals surface area contributed by atoms with Gasteiger partial charge in [-0.1, -0.05) is 0 Å². The lowest BCUT2D eigenvalue weighted by Gasteiger charge is -2.33. The normalized spacial score (nSPS) is 39.5. The molecule has 0 aromatic heterocycles. The van der Waals surface area contributed by atoms with Crippen LogP contribution in [0.2, 0.25) is 0 Å². The molecule has 1 N–H and O–H groups in total. The molecule has 0 amide bonds. The number of likely N-dealkylation sites (N-methyl/N-ethyl adjacent to an activating group) is 2. The van der Waals surface area contributed by atoms with Gasteiger partial charge in [0.05, 0.1) is 6.67 Å². The predicted octanol–water partition coefficient (Wildman–Crippen LogP) is -0.0468. The van der Waals surface area contributed by atoms with E-state index in [1.54, 1.807) is 0 Å². The maximum absolute atomic E-state index is 3.59. The summed E-state index contributed by atoms with van der Waals surface area (Å²) in [4.78, 5) is 2.49. The largest absolute Gasteiger partial charge is 0.288 e. The van der Waals surface area contributed by atoms with Crippen LogP contribution in [-0.4, -0.2) is 61.2 Å². The molecule has 0 aromatic rings. The standard InChI is InChI=1S/C7H17N4P/c1-9-3-5-11-6-4-10(2)12(9)8-7-11/h8H,3-7H2,1-2H3. The molecule has 4 nitrogen and oxygen atoms in total. The molecule has 12 heavy (non-hydrogen) atoms. The number of hydrogen-bond acceptors (Lipinski definition) is 4. The van der Waals surface area contributed by atoms with Crippen molar-refractivity contribution in [2.24, 2.45) is 0 Å². The van der Waals surface area contributed by atoms with E-state index < -0.39 is 0 Å². The van der Waals surface area contributed by atoms with Crippen LogP contribution in [0.15, 0.2) is 0 Å². The van der Waals surface area contributed by atoms with Crippen molar-refractivity contribution in [2.45, 2.75) is 0 Å². The molecule has 0 aromatic carbocycles. The third-order valence-corrected chi connectivity index (χ3v) is 4.68. The molecule has 2 rings (SSSR count). The van der Waals surface area contributed by atoms with Crippen LogP contribution in [0.5, 0.6) is 0 Å². The quantitative estimate of drug-likeness (QED) is 0.538. The summed E-state index contributed by atoms with van der Waals surface area (Å²) in [6.07, 6.45) is 0. The van der Waals surface area contributed by atoms with Gasteiger partial charge < -0.3 is 0 Å². The highest BCUT2D eigenvalue weighted by Crippen LogP contribution is 2.39. The maximum atomic E-state index is 3.59. The van der Waals surface area contributed by atoms with E-state index >= 15 is 0 Å². The van der Waals surface area contributed by atoms with Gasteiger partial charge >= 0.3 is 0 Å². The van der Waals surface area contributed by atoms with Crippen LogP contribution < -0.4 is 5.09 Å². The van der Waals surface area contributed by atoms with Crippen molar-refractivity contribution < 1.29 is 0 Å². The van der Waals surface area contributed by atoms with Gasteiger partial charge in [-0.15, -0.1) is 0 Å². The first kappa shape index (κ1) is 8.85. The topological polar surface area (TPSA) is 21.8 Å². The van der Waals surface area contributed by atoms with Crippen molar-refractivity contribution in [2.75, 3.05) is 46.9 Å². The summed E-state index contributed by atoms with van der Waals surface area (Å²) < 4.78 is 4.88. The molecule has 5 heteroatoms. The van der Waals surface area contributed by atoms with Gasteiger partial charge in [0.2, 0.25) is 0 Å². The zero-order chi connectivity index (χ0) is 8.55. The molecular formula is C7H17N4P. The van der Waals surface area contributed by atoms with Gasteiger partial charge in [-0.05, 0) is 14.1 Å². The Morgan fingerprint density at radius 2 is 1.58 bits per heavy atom. The Morgan fingerprint density at radius 1 is 1.00 bits per heavy atom. The summed E-state index contributed by atoms with van der Waals surface area (Å²) in [7, 11) is 4.22. The van der Waals surface area contributed by atoms with E-state index in [1.165, 1.54) is 26.2 Å². The van der Waals surface area contributed by atoms with Crippen LogP contribution in [0.3, 0.4) is 0 Å². The second-order valence-electron chi connectivity index (χ2n) is 3.49. The molecule has 2 saturated heterocycles. The highest BCUT2D eigenvalue weighted by atomic mass is 31.1. The monoisotopic (exact) mass is 188 g/mol. The minimum absolute atomic E-state index is 0.204. The summed E-state index contributed by atoms with van der Waals surface area (Å²) >= 11 is 0. The molecular weight excluding hydrogens is 171 g/mol. The van der Waals surface area contributed by atoms with Crippen molar-refractivity contribution in [1.29, 1.82) is 0 Å². The smallest absolute Gasteiger partial charge is 0.118 e. The fraction of sp³-hybridized carbons (Fsp3) is 1.00. The average Bonchev–Trinajstić information content (AvgIpc) is 2.33. The first-order valence-electron chi connectivity index (χ1n) is 4.45.